The van der Waals surface area contributed by atoms with Crippen LogP contribution in [-0.4, -0.2) is 0 Å². The quantitative estimate of drug-likeness (QED) is 0.176. The maximum atomic E-state index is 6.76. The van der Waals surface area contributed by atoms with Crippen LogP contribution in [0.3, 0.4) is 0 Å². The maximum Gasteiger partial charge on any atom is 0.132 e. The standard InChI is InChI=1S/C66H41NO2/c1-2-19-42(20-3-1)45-22-7-13-31-57(45)67(58-32-18-30-55-64(58)47-24-6-8-25-49(47)65(55)51-26-9-14-33-59(51)68-60-34-15-10-27-52(60)65)44-38-40-50-48(41-44)63-46-23-5-4-21-43(46)37-39-56(63)66(50)53-28-11-16-35-61(53)69-62-36-17-12-29-54(62)66/h1-41H. The van der Waals surface area contributed by atoms with Crippen molar-refractivity contribution in [1.82, 2.24) is 0 Å². The average Bonchev–Trinajstić information content (AvgIpc) is 3.88. The summed E-state index contributed by atoms with van der Waals surface area (Å²) in [7, 11) is 0. The van der Waals surface area contributed by atoms with Crippen LogP contribution in [0.5, 0.6) is 23.0 Å². The third-order valence-electron chi connectivity index (χ3n) is 15.4. The van der Waals surface area contributed by atoms with Gasteiger partial charge < -0.3 is 14.4 Å². The van der Waals surface area contributed by atoms with Crippen LogP contribution in [-0.2, 0) is 10.8 Å². The molecule has 3 nitrogen and oxygen atoms in total. The van der Waals surface area contributed by atoms with Crippen LogP contribution in [0.25, 0.3) is 44.2 Å². The van der Waals surface area contributed by atoms with Crippen LogP contribution in [0.1, 0.15) is 44.5 Å². The lowest BCUT2D eigenvalue weighted by Crippen LogP contribution is -2.32. The van der Waals surface area contributed by atoms with Crippen molar-refractivity contribution < 1.29 is 9.47 Å². The fourth-order valence-electron chi connectivity index (χ4n) is 12.8. The van der Waals surface area contributed by atoms with Crippen molar-refractivity contribution in [3.05, 3.63) is 293 Å². The summed E-state index contributed by atoms with van der Waals surface area (Å²) in [5.74, 6) is 3.53. The van der Waals surface area contributed by atoms with E-state index in [0.717, 1.165) is 73.4 Å². The van der Waals surface area contributed by atoms with E-state index in [9.17, 15) is 0 Å². The van der Waals surface area contributed by atoms with Crippen LogP contribution in [0.15, 0.2) is 249 Å². The summed E-state index contributed by atoms with van der Waals surface area (Å²) in [6.07, 6.45) is 0. The second-order valence-corrected chi connectivity index (χ2v) is 18.6. The fraction of sp³-hybridized carbons (Fsp3) is 0.0303. The second kappa shape index (κ2) is 14.3. The number of rotatable bonds is 4. The van der Waals surface area contributed by atoms with E-state index in [1.165, 1.54) is 55.3 Å². The Hall–Kier alpha value is -8.92. The van der Waals surface area contributed by atoms with Gasteiger partial charge in [0, 0.05) is 39.1 Å². The Morgan fingerprint density at radius 2 is 0.754 bits per heavy atom. The smallest absolute Gasteiger partial charge is 0.132 e. The lowest BCUT2D eigenvalue weighted by molar-refractivity contribution is 0.436. The van der Waals surface area contributed by atoms with Gasteiger partial charge in [0.05, 0.1) is 22.2 Å². The highest BCUT2D eigenvalue weighted by atomic mass is 16.5. The highest BCUT2D eigenvalue weighted by Gasteiger charge is 2.53. The minimum atomic E-state index is -0.621. The lowest BCUT2D eigenvalue weighted by atomic mass is 9.66. The van der Waals surface area contributed by atoms with Crippen molar-refractivity contribution in [2.24, 2.45) is 0 Å². The van der Waals surface area contributed by atoms with Crippen molar-refractivity contribution in [2.75, 3.05) is 4.90 Å². The van der Waals surface area contributed by atoms with E-state index in [0.29, 0.717) is 0 Å². The van der Waals surface area contributed by atoms with Crippen LogP contribution in [0.2, 0.25) is 0 Å². The van der Waals surface area contributed by atoms with Gasteiger partial charge in [-0.2, -0.15) is 0 Å². The third kappa shape index (κ3) is 5.01. The molecule has 0 N–H and O–H groups in total. The normalized spacial score (nSPS) is 14.3. The van der Waals surface area contributed by atoms with Crippen molar-refractivity contribution in [2.45, 2.75) is 10.8 Å². The Labute approximate surface area is 400 Å². The average molecular weight is 880 g/mol. The molecule has 2 aliphatic heterocycles. The zero-order valence-corrected chi connectivity index (χ0v) is 37.4. The Morgan fingerprint density at radius 3 is 1.41 bits per heavy atom. The van der Waals surface area contributed by atoms with E-state index in [-0.39, 0.29) is 0 Å². The minimum Gasteiger partial charge on any atom is -0.457 e. The molecule has 69 heavy (non-hydrogen) atoms. The summed E-state index contributed by atoms with van der Waals surface area (Å²) in [6, 6.07) is 91.0. The van der Waals surface area contributed by atoms with Crippen molar-refractivity contribution >= 4 is 27.8 Å². The first-order valence-electron chi connectivity index (χ1n) is 23.8. The topological polar surface area (TPSA) is 21.7 Å². The molecule has 2 spiro atoms. The summed E-state index contributed by atoms with van der Waals surface area (Å²) in [4.78, 5) is 2.54. The fourth-order valence-corrected chi connectivity index (χ4v) is 12.8. The van der Waals surface area contributed by atoms with E-state index in [1.807, 2.05) is 0 Å². The molecule has 15 rings (SSSR count). The molecule has 4 aliphatic rings. The van der Waals surface area contributed by atoms with Crippen molar-refractivity contribution in [3.63, 3.8) is 0 Å². The van der Waals surface area contributed by atoms with Crippen LogP contribution in [0.4, 0.5) is 17.1 Å². The van der Waals surface area contributed by atoms with E-state index in [4.69, 9.17) is 9.47 Å². The van der Waals surface area contributed by atoms with Gasteiger partial charge in [-0.15, -0.1) is 0 Å². The predicted molar refractivity (Wildman–Crippen MR) is 279 cm³/mol. The molecule has 2 aliphatic carbocycles. The van der Waals surface area contributed by atoms with Gasteiger partial charge in [-0.3, -0.25) is 0 Å². The van der Waals surface area contributed by atoms with E-state index >= 15 is 0 Å². The van der Waals surface area contributed by atoms with Gasteiger partial charge in [0.1, 0.15) is 23.0 Å². The SMILES string of the molecule is c1ccc(-c2ccccc2N(c2ccc3c(c2)-c2c(ccc4ccccc24)C32c3ccccc3Oc3ccccc32)c2cccc3c2-c2ccccc2C32c3ccccc3Oc3ccccc32)cc1. The van der Waals surface area contributed by atoms with Gasteiger partial charge in [0.25, 0.3) is 0 Å². The molecule has 0 aromatic heterocycles. The number of ether oxygens (including phenoxy) is 2. The van der Waals surface area contributed by atoms with Gasteiger partial charge in [-0.25, -0.2) is 0 Å². The zero-order valence-electron chi connectivity index (χ0n) is 37.4. The maximum absolute atomic E-state index is 6.76. The molecule has 11 aromatic carbocycles. The zero-order chi connectivity index (χ0) is 45.3. The number of benzene rings is 11. The second-order valence-electron chi connectivity index (χ2n) is 18.6. The Kier molecular flexibility index (Phi) is 7.92. The highest BCUT2D eigenvalue weighted by Crippen LogP contribution is 2.66. The number of hydrogen-bond acceptors (Lipinski definition) is 3. The number of nitrogens with zero attached hydrogens (tertiary/aromatic N) is 1. The monoisotopic (exact) mass is 879 g/mol. The van der Waals surface area contributed by atoms with Crippen LogP contribution < -0.4 is 14.4 Å². The summed E-state index contributed by atoms with van der Waals surface area (Å²) in [5.41, 5.74) is 18.8. The predicted octanol–water partition coefficient (Wildman–Crippen LogP) is 16.9. The largest absolute Gasteiger partial charge is 0.457 e. The van der Waals surface area contributed by atoms with Gasteiger partial charge in [-0.1, -0.05) is 200 Å². The summed E-state index contributed by atoms with van der Waals surface area (Å²) in [5, 5.41) is 2.45. The molecule has 0 amide bonds. The van der Waals surface area contributed by atoms with E-state index in [1.54, 1.807) is 0 Å². The molecule has 0 radical (unpaired) electrons. The molecule has 0 fully saturated rings. The molecule has 322 valence electrons. The van der Waals surface area contributed by atoms with Gasteiger partial charge >= 0.3 is 0 Å². The molecule has 11 aromatic rings. The number of para-hydroxylation sites is 5. The van der Waals surface area contributed by atoms with Gasteiger partial charge in [0.2, 0.25) is 0 Å². The molecule has 0 saturated heterocycles. The molecular weight excluding hydrogens is 839 g/mol. The van der Waals surface area contributed by atoms with Crippen LogP contribution >= 0.6 is 0 Å². The Balaban J connectivity index is 1.06. The molecular formula is C66H41NO2. The Morgan fingerprint density at radius 1 is 0.290 bits per heavy atom. The molecule has 0 saturated carbocycles. The minimum absolute atomic E-state index is 0.616. The molecule has 3 heteroatoms. The number of anilines is 3. The van der Waals surface area contributed by atoms with Crippen molar-refractivity contribution in [1.29, 1.82) is 0 Å². The van der Waals surface area contributed by atoms with Gasteiger partial charge in [-0.05, 0) is 104 Å². The highest BCUT2D eigenvalue weighted by molar-refractivity contribution is 6.07. The molecule has 0 unspecified atom stereocenters. The molecule has 0 bridgehead atoms. The van der Waals surface area contributed by atoms with E-state index in [2.05, 4.69) is 254 Å². The first-order valence-corrected chi connectivity index (χ1v) is 23.8. The first kappa shape index (κ1) is 38.2. The number of hydrogen-bond donors (Lipinski definition) is 0. The summed E-state index contributed by atoms with van der Waals surface area (Å²) < 4.78 is 13.5. The summed E-state index contributed by atoms with van der Waals surface area (Å²) >= 11 is 0. The third-order valence-corrected chi connectivity index (χ3v) is 15.4. The number of fused-ring (bicyclic) bond motifs is 20. The van der Waals surface area contributed by atoms with Crippen molar-refractivity contribution in [3.8, 4) is 56.4 Å². The molecule has 0 atom stereocenters. The van der Waals surface area contributed by atoms with Gasteiger partial charge in [0.15, 0.2) is 0 Å². The molecule has 2 heterocycles. The first-order chi connectivity index (χ1) is 34.2. The van der Waals surface area contributed by atoms with E-state index < -0.39 is 10.8 Å². The lowest BCUT2D eigenvalue weighted by Gasteiger charge is -2.39. The summed E-state index contributed by atoms with van der Waals surface area (Å²) in [6.45, 7) is 0. The Bertz CT molecular complexity index is 3850. The van der Waals surface area contributed by atoms with Crippen LogP contribution in [0, 0.1) is 0 Å².